The summed E-state index contributed by atoms with van der Waals surface area (Å²) in [6.45, 7) is 1.53. The van der Waals surface area contributed by atoms with Crippen LogP contribution in [-0.4, -0.2) is 52.4 Å². The molecule has 2 aliphatic rings. The Balaban J connectivity index is 1.19. The number of fused-ring (bicyclic) bond motifs is 2. The van der Waals surface area contributed by atoms with Crippen molar-refractivity contribution in [2.45, 2.75) is 37.6 Å². The van der Waals surface area contributed by atoms with E-state index in [1.165, 1.54) is 0 Å². The highest BCUT2D eigenvalue weighted by atomic mass is 16.4. The second-order valence-corrected chi connectivity index (χ2v) is 9.12. The van der Waals surface area contributed by atoms with E-state index in [-0.39, 0.29) is 11.7 Å². The molecule has 172 valence electrons. The van der Waals surface area contributed by atoms with E-state index in [0.717, 1.165) is 61.3 Å². The summed E-state index contributed by atoms with van der Waals surface area (Å²) in [5, 5.41) is 8.41. The smallest absolute Gasteiger partial charge is 0.326 e. The molecule has 1 aromatic carbocycles. The molecule has 1 aliphatic heterocycles. The lowest BCUT2D eigenvalue weighted by Crippen LogP contribution is -2.37. The van der Waals surface area contributed by atoms with Crippen LogP contribution < -0.4 is 10.6 Å². The van der Waals surface area contributed by atoms with Crippen LogP contribution in [0.4, 0.5) is 5.82 Å². The van der Waals surface area contributed by atoms with Gasteiger partial charge in [-0.3, -0.25) is 4.57 Å². The molecule has 0 amide bonds. The van der Waals surface area contributed by atoms with Gasteiger partial charge in [0.05, 0.1) is 11.0 Å². The first-order valence-corrected chi connectivity index (χ1v) is 11.6. The van der Waals surface area contributed by atoms with Crippen LogP contribution in [0.1, 0.15) is 43.5 Å². The predicted octanol–water partition coefficient (Wildman–Crippen LogP) is 2.78. The number of anilines is 1. The molecule has 5 heterocycles. The van der Waals surface area contributed by atoms with Gasteiger partial charge < -0.3 is 18.9 Å². The maximum absolute atomic E-state index is 12.6. The topological polar surface area (TPSA) is 124 Å². The highest BCUT2D eigenvalue weighted by Crippen LogP contribution is 2.40. The Morgan fingerprint density at radius 2 is 1.88 bits per heavy atom. The number of hydrogen-bond donors (Lipinski definition) is 1. The van der Waals surface area contributed by atoms with Crippen molar-refractivity contribution in [1.82, 2.24) is 39.3 Å². The van der Waals surface area contributed by atoms with E-state index in [4.69, 9.17) is 9.40 Å². The fraction of sp³-hybridized carbons (Fsp3) is 0.391. The number of imidazole rings is 2. The molecule has 11 nitrogen and oxygen atoms in total. The molecule has 1 N–H and O–H groups in total. The quantitative estimate of drug-likeness (QED) is 0.437. The molecule has 0 spiro atoms. The van der Waals surface area contributed by atoms with Crippen molar-refractivity contribution in [3.8, 4) is 11.7 Å². The normalized spacial score (nSPS) is 17.3. The molecule has 0 atom stereocenters. The largest absolute Gasteiger partial charge is 0.418 e. The Bertz CT molecular complexity index is 1580. The minimum absolute atomic E-state index is 0.0523. The first-order chi connectivity index (χ1) is 16.7. The second-order valence-electron chi connectivity index (χ2n) is 9.12. The van der Waals surface area contributed by atoms with E-state index < -0.39 is 0 Å². The van der Waals surface area contributed by atoms with Crippen molar-refractivity contribution in [1.29, 1.82) is 0 Å². The summed E-state index contributed by atoms with van der Waals surface area (Å²) in [5.41, 5.74) is 3.22. The Hall–Kier alpha value is -4.02. The molecule has 2 fully saturated rings. The minimum Gasteiger partial charge on any atom is -0.418 e. The van der Waals surface area contributed by atoms with Gasteiger partial charge in [-0.25, -0.2) is 19.7 Å². The number of nitrogens with one attached hydrogen (secondary N) is 1. The highest BCUT2D eigenvalue weighted by molar-refractivity contribution is 5.86. The summed E-state index contributed by atoms with van der Waals surface area (Å²) in [6.07, 6.45) is 5.44. The van der Waals surface area contributed by atoms with Gasteiger partial charge in [0.1, 0.15) is 6.33 Å². The summed E-state index contributed by atoms with van der Waals surface area (Å²) in [7, 11) is 1.90. The van der Waals surface area contributed by atoms with Crippen molar-refractivity contribution in [2.24, 2.45) is 7.05 Å². The third-order valence-electron chi connectivity index (χ3n) is 6.95. The van der Waals surface area contributed by atoms with Crippen LogP contribution in [0.2, 0.25) is 0 Å². The average molecular weight is 457 g/mol. The number of aromatic amines is 1. The van der Waals surface area contributed by atoms with Crippen LogP contribution in [0.5, 0.6) is 0 Å². The fourth-order valence-corrected chi connectivity index (χ4v) is 5.00. The number of benzene rings is 1. The van der Waals surface area contributed by atoms with Crippen molar-refractivity contribution < 1.29 is 4.42 Å². The Kier molecular flexibility index (Phi) is 4.14. The number of nitrogens with zero attached hydrogens (tertiary/aromatic N) is 8. The molecular formula is C23H23N9O2. The van der Waals surface area contributed by atoms with Crippen molar-refractivity contribution in [3.05, 3.63) is 47.0 Å². The number of H-pyrrole nitrogens is 1. The van der Waals surface area contributed by atoms with Gasteiger partial charge in [0.2, 0.25) is 11.7 Å². The number of hydrogen-bond acceptors (Lipinski definition) is 8. The lowest BCUT2D eigenvalue weighted by atomic mass is 10.0. The summed E-state index contributed by atoms with van der Waals surface area (Å²) < 4.78 is 9.66. The van der Waals surface area contributed by atoms with E-state index in [0.29, 0.717) is 29.0 Å². The van der Waals surface area contributed by atoms with Crippen molar-refractivity contribution in [3.63, 3.8) is 0 Å². The SMILES string of the molecule is Cn1c(-c2nnc(C3CC3)o2)nc2c(N3CCC(n4c(=O)[nH]c5ccccc54)CC3)ncnc21. The van der Waals surface area contributed by atoms with Gasteiger partial charge in [-0.1, -0.05) is 12.1 Å². The minimum atomic E-state index is -0.0523. The first kappa shape index (κ1) is 19.4. The summed E-state index contributed by atoms with van der Waals surface area (Å²) in [6, 6.07) is 7.98. The van der Waals surface area contributed by atoms with Gasteiger partial charge in [-0.15, -0.1) is 10.2 Å². The summed E-state index contributed by atoms with van der Waals surface area (Å²) >= 11 is 0. The average Bonchev–Trinajstić information content (AvgIpc) is 3.35. The van der Waals surface area contributed by atoms with Gasteiger partial charge in [0, 0.05) is 32.1 Å². The summed E-state index contributed by atoms with van der Waals surface area (Å²) in [4.78, 5) is 31.7. The zero-order valence-electron chi connectivity index (χ0n) is 18.7. The van der Waals surface area contributed by atoms with E-state index in [1.807, 2.05) is 40.4 Å². The van der Waals surface area contributed by atoms with Gasteiger partial charge in [0.25, 0.3) is 5.89 Å². The molecule has 4 aromatic heterocycles. The van der Waals surface area contributed by atoms with Crippen molar-refractivity contribution in [2.75, 3.05) is 18.0 Å². The van der Waals surface area contributed by atoms with Crippen LogP contribution >= 0.6 is 0 Å². The lowest BCUT2D eigenvalue weighted by Gasteiger charge is -2.33. The van der Waals surface area contributed by atoms with Crippen LogP contribution in [0.15, 0.2) is 39.8 Å². The lowest BCUT2D eigenvalue weighted by molar-refractivity contribution is 0.395. The van der Waals surface area contributed by atoms with Crippen molar-refractivity contribution >= 4 is 28.0 Å². The van der Waals surface area contributed by atoms with Gasteiger partial charge in [-0.05, 0) is 37.8 Å². The molecule has 0 radical (unpaired) electrons. The van der Waals surface area contributed by atoms with Gasteiger partial charge >= 0.3 is 5.69 Å². The Morgan fingerprint density at radius 3 is 2.71 bits per heavy atom. The number of piperidine rings is 1. The third-order valence-corrected chi connectivity index (χ3v) is 6.95. The molecule has 34 heavy (non-hydrogen) atoms. The van der Waals surface area contributed by atoms with Crippen LogP contribution in [0.3, 0.4) is 0 Å². The molecule has 1 saturated carbocycles. The number of para-hydroxylation sites is 2. The summed E-state index contributed by atoms with van der Waals surface area (Å²) in [5.74, 6) is 2.86. The maximum atomic E-state index is 12.6. The van der Waals surface area contributed by atoms with E-state index >= 15 is 0 Å². The Labute approximate surface area is 193 Å². The molecule has 11 heteroatoms. The molecule has 0 bridgehead atoms. The second kappa shape index (κ2) is 7.24. The third kappa shape index (κ3) is 2.96. The number of aryl methyl sites for hydroxylation is 1. The standard InChI is InChI=1S/C23H23N9O2/c1-30-18-17(27-20(30)22-29-28-21(34-22)13-6-7-13)19(25-12-24-18)31-10-8-14(9-11-31)32-16-5-3-2-4-15(16)26-23(32)33/h2-5,12-14H,6-11H2,1H3,(H,26,33). The fourth-order valence-electron chi connectivity index (χ4n) is 5.00. The first-order valence-electron chi connectivity index (χ1n) is 11.6. The van der Waals surface area contributed by atoms with E-state index in [2.05, 4.69) is 30.0 Å². The Morgan fingerprint density at radius 1 is 1.06 bits per heavy atom. The van der Waals surface area contributed by atoms with E-state index in [9.17, 15) is 4.79 Å². The van der Waals surface area contributed by atoms with E-state index in [1.54, 1.807) is 6.33 Å². The zero-order chi connectivity index (χ0) is 22.8. The number of aromatic nitrogens is 8. The molecule has 5 aromatic rings. The van der Waals surface area contributed by atoms with Crippen LogP contribution in [0, 0.1) is 0 Å². The maximum Gasteiger partial charge on any atom is 0.326 e. The molecule has 1 saturated heterocycles. The number of rotatable bonds is 4. The van der Waals surface area contributed by atoms with Gasteiger partial charge in [0.15, 0.2) is 17.0 Å². The molecular weight excluding hydrogens is 434 g/mol. The monoisotopic (exact) mass is 457 g/mol. The zero-order valence-corrected chi connectivity index (χ0v) is 18.7. The molecule has 7 rings (SSSR count). The predicted molar refractivity (Wildman–Crippen MR) is 125 cm³/mol. The molecule has 1 aliphatic carbocycles. The van der Waals surface area contributed by atoms with Gasteiger partial charge in [-0.2, -0.15) is 0 Å². The van der Waals surface area contributed by atoms with Crippen LogP contribution in [-0.2, 0) is 7.05 Å². The highest BCUT2D eigenvalue weighted by Gasteiger charge is 2.31. The molecule has 0 unspecified atom stereocenters. The van der Waals surface area contributed by atoms with Crippen LogP contribution in [0.25, 0.3) is 33.9 Å².